The molecule has 0 radical (unpaired) electrons. The van der Waals surface area contributed by atoms with Crippen molar-refractivity contribution in [2.24, 2.45) is 5.73 Å². The van der Waals surface area contributed by atoms with Crippen molar-refractivity contribution >= 4 is 17.8 Å². The van der Waals surface area contributed by atoms with Crippen molar-refractivity contribution in [3.8, 4) is 5.75 Å². The molecule has 1 saturated heterocycles. The van der Waals surface area contributed by atoms with E-state index in [9.17, 15) is 14.4 Å². The summed E-state index contributed by atoms with van der Waals surface area (Å²) in [6, 6.07) is 12.4. The third-order valence-electron chi connectivity index (χ3n) is 5.84. The number of fused-ring (bicyclic) bond motifs is 1. The van der Waals surface area contributed by atoms with Crippen LogP contribution in [-0.4, -0.2) is 67.3 Å². The van der Waals surface area contributed by atoms with Crippen LogP contribution < -0.4 is 10.5 Å². The maximum atomic E-state index is 12.9. The molecule has 2 unspecified atom stereocenters. The van der Waals surface area contributed by atoms with Gasteiger partial charge in [0.25, 0.3) is 11.8 Å². The molecule has 2 aliphatic rings. The van der Waals surface area contributed by atoms with Crippen LogP contribution in [0.15, 0.2) is 48.5 Å². The zero-order valence-electron chi connectivity index (χ0n) is 18.4. The molecule has 4 atom stereocenters. The number of carbonyl (C=O) groups excluding carboxylic acids is 3. The van der Waals surface area contributed by atoms with Crippen molar-refractivity contribution in [3.63, 3.8) is 0 Å². The van der Waals surface area contributed by atoms with E-state index in [1.807, 2.05) is 24.3 Å². The van der Waals surface area contributed by atoms with Crippen LogP contribution in [-0.2, 0) is 25.6 Å². The standard InChI is InChI=1S/C24H26N2O7/c1-14(27)33-22-19(26-23(28)17-5-3-4-6-18(17)24(26)29)12-32-20(21(22)25)13-31-11-15-7-9-16(30-2)10-8-15/h3-10,19-22H,11-13,25H2,1-2H3/t19?,20?,21-,22+/m0/s1. The highest BCUT2D eigenvalue weighted by molar-refractivity contribution is 6.21. The third kappa shape index (κ3) is 4.61. The molecule has 4 rings (SSSR count). The van der Waals surface area contributed by atoms with E-state index in [4.69, 9.17) is 24.7 Å². The highest BCUT2D eigenvalue weighted by atomic mass is 16.6. The number of methoxy groups -OCH3 is 1. The number of esters is 1. The quantitative estimate of drug-likeness (QED) is 0.495. The second-order valence-corrected chi connectivity index (χ2v) is 7.98. The summed E-state index contributed by atoms with van der Waals surface area (Å²) < 4.78 is 22.3. The van der Waals surface area contributed by atoms with Gasteiger partial charge in [-0.3, -0.25) is 19.3 Å². The Hall–Kier alpha value is -3.27. The Labute approximate surface area is 191 Å². The maximum Gasteiger partial charge on any atom is 0.303 e. The molecule has 0 bridgehead atoms. The van der Waals surface area contributed by atoms with Gasteiger partial charge in [-0.2, -0.15) is 0 Å². The van der Waals surface area contributed by atoms with E-state index < -0.39 is 42.1 Å². The van der Waals surface area contributed by atoms with Crippen LogP contribution in [0.5, 0.6) is 5.75 Å². The fourth-order valence-corrected chi connectivity index (χ4v) is 4.15. The molecular formula is C24H26N2O7. The molecule has 2 aromatic carbocycles. The molecule has 9 heteroatoms. The first-order valence-electron chi connectivity index (χ1n) is 10.6. The van der Waals surface area contributed by atoms with Crippen molar-refractivity contribution in [2.75, 3.05) is 20.3 Å². The summed E-state index contributed by atoms with van der Waals surface area (Å²) in [5.41, 5.74) is 7.96. The highest BCUT2D eigenvalue weighted by Gasteiger charge is 2.49. The third-order valence-corrected chi connectivity index (χ3v) is 5.84. The van der Waals surface area contributed by atoms with Gasteiger partial charge in [-0.1, -0.05) is 24.3 Å². The van der Waals surface area contributed by atoms with Crippen molar-refractivity contribution in [1.29, 1.82) is 0 Å². The zero-order valence-corrected chi connectivity index (χ0v) is 18.4. The van der Waals surface area contributed by atoms with Crippen LogP contribution in [0.1, 0.15) is 33.2 Å². The van der Waals surface area contributed by atoms with Gasteiger partial charge in [-0.05, 0) is 29.8 Å². The van der Waals surface area contributed by atoms with Gasteiger partial charge in [-0.15, -0.1) is 0 Å². The average Bonchev–Trinajstić information content (AvgIpc) is 3.07. The van der Waals surface area contributed by atoms with Gasteiger partial charge in [0.2, 0.25) is 0 Å². The molecule has 33 heavy (non-hydrogen) atoms. The van der Waals surface area contributed by atoms with Gasteiger partial charge in [-0.25, -0.2) is 0 Å². The Kier molecular flexibility index (Phi) is 6.73. The minimum absolute atomic E-state index is 0.0202. The van der Waals surface area contributed by atoms with Crippen molar-refractivity contribution in [3.05, 3.63) is 65.2 Å². The van der Waals surface area contributed by atoms with E-state index in [-0.39, 0.29) is 13.2 Å². The van der Waals surface area contributed by atoms with Crippen LogP contribution in [0.25, 0.3) is 0 Å². The number of nitrogens with two attached hydrogens (primary N) is 1. The van der Waals surface area contributed by atoms with Crippen LogP contribution in [0.3, 0.4) is 0 Å². The molecular weight excluding hydrogens is 428 g/mol. The normalized spacial score (nSPS) is 24.5. The molecule has 0 spiro atoms. The molecule has 2 N–H and O–H groups in total. The van der Waals surface area contributed by atoms with E-state index in [1.54, 1.807) is 31.4 Å². The van der Waals surface area contributed by atoms with Gasteiger partial charge in [0.1, 0.15) is 17.9 Å². The highest BCUT2D eigenvalue weighted by Crippen LogP contribution is 2.30. The van der Waals surface area contributed by atoms with Crippen LogP contribution in [0, 0.1) is 0 Å². The topological polar surface area (TPSA) is 117 Å². The lowest BCUT2D eigenvalue weighted by atomic mass is 9.95. The Balaban J connectivity index is 1.44. The number of ether oxygens (including phenoxy) is 4. The fourth-order valence-electron chi connectivity index (χ4n) is 4.15. The number of hydrogen-bond donors (Lipinski definition) is 1. The smallest absolute Gasteiger partial charge is 0.303 e. The van der Waals surface area contributed by atoms with E-state index in [1.165, 1.54) is 6.92 Å². The average molecular weight is 454 g/mol. The first kappa shape index (κ1) is 22.9. The number of rotatable bonds is 7. The SMILES string of the molecule is COc1ccc(COCC2OCC(N3C(=O)c4ccccc4C3=O)[C@@H](OC(C)=O)[C@H]2N)cc1. The number of carbonyl (C=O) groups is 3. The lowest BCUT2D eigenvalue weighted by Gasteiger charge is -2.42. The molecule has 0 aliphatic carbocycles. The Morgan fingerprint density at radius 3 is 2.30 bits per heavy atom. The fraction of sp³-hybridized carbons (Fsp3) is 0.375. The lowest BCUT2D eigenvalue weighted by molar-refractivity contribution is -0.168. The number of hydrogen-bond acceptors (Lipinski definition) is 8. The van der Waals surface area contributed by atoms with Crippen molar-refractivity contribution in [1.82, 2.24) is 4.90 Å². The molecule has 9 nitrogen and oxygen atoms in total. The minimum Gasteiger partial charge on any atom is -0.497 e. The first-order valence-corrected chi connectivity index (χ1v) is 10.6. The van der Waals surface area contributed by atoms with Gasteiger partial charge in [0.15, 0.2) is 0 Å². The van der Waals surface area contributed by atoms with E-state index in [2.05, 4.69) is 0 Å². The predicted octanol–water partition coefficient (Wildman–Crippen LogP) is 1.53. The molecule has 2 heterocycles. The van der Waals surface area contributed by atoms with Crippen LogP contribution in [0.4, 0.5) is 0 Å². The number of nitrogens with zero attached hydrogens (tertiary/aromatic N) is 1. The number of amides is 2. The largest absolute Gasteiger partial charge is 0.497 e. The summed E-state index contributed by atoms with van der Waals surface area (Å²) in [6.45, 7) is 1.72. The van der Waals surface area contributed by atoms with Gasteiger partial charge in [0.05, 0.1) is 50.2 Å². The predicted molar refractivity (Wildman–Crippen MR) is 117 cm³/mol. The molecule has 2 amide bonds. The second-order valence-electron chi connectivity index (χ2n) is 7.98. The first-order chi connectivity index (χ1) is 15.9. The summed E-state index contributed by atoms with van der Waals surface area (Å²) in [4.78, 5) is 38.8. The summed E-state index contributed by atoms with van der Waals surface area (Å²) in [5, 5.41) is 0. The van der Waals surface area contributed by atoms with E-state index in [0.29, 0.717) is 17.7 Å². The molecule has 0 aromatic heterocycles. The monoisotopic (exact) mass is 454 g/mol. The second kappa shape index (κ2) is 9.70. The van der Waals surface area contributed by atoms with Crippen LogP contribution >= 0.6 is 0 Å². The molecule has 0 saturated carbocycles. The summed E-state index contributed by atoms with van der Waals surface area (Å²) in [5.74, 6) is -0.720. The lowest BCUT2D eigenvalue weighted by Crippen LogP contribution is -2.65. The Bertz CT molecular complexity index is 1000. The van der Waals surface area contributed by atoms with Crippen molar-refractivity contribution in [2.45, 2.75) is 37.8 Å². The van der Waals surface area contributed by atoms with E-state index >= 15 is 0 Å². The molecule has 174 valence electrons. The molecule has 2 aliphatic heterocycles. The molecule has 2 aromatic rings. The summed E-state index contributed by atoms with van der Waals surface area (Å²) in [6.07, 6.45) is -1.51. The van der Waals surface area contributed by atoms with Crippen molar-refractivity contribution < 1.29 is 33.3 Å². The Morgan fingerprint density at radius 1 is 1.09 bits per heavy atom. The zero-order chi connectivity index (χ0) is 23.5. The molecule has 1 fully saturated rings. The number of benzene rings is 2. The summed E-state index contributed by atoms with van der Waals surface area (Å²) >= 11 is 0. The minimum atomic E-state index is -0.923. The van der Waals surface area contributed by atoms with Gasteiger partial charge < -0.3 is 24.7 Å². The maximum absolute atomic E-state index is 12.9. The number of imide groups is 1. The van der Waals surface area contributed by atoms with Crippen LogP contribution in [0.2, 0.25) is 0 Å². The Morgan fingerprint density at radius 2 is 1.73 bits per heavy atom. The van der Waals surface area contributed by atoms with Gasteiger partial charge >= 0.3 is 5.97 Å². The van der Waals surface area contributed by atoms with E-state index in [0.717, 1.165) is 16.2 Å². The summed E-state index contributed by atoms with van der Waals surface area (Å²) in [7, 11) is 1.60. The van der Waals surface area contributed by atoms with Gasteiger partial charge in [0, 0.05) is 6.92 Å².